The van der Waals surface area contributed by atoms with E-state index in [1.54, 1.807) is 13.4 Å². The van der Waals surface area contributed by atoms with Crippen molar-refractivity contribution in [1.29, 1.82) is 0 Å². The summed E-state index contributed by atoms with van der Waals surface area (Å²) < 4.78 is 13.3. The smallest absolute Gasteiger partial charge is 0.143 e. The van der Waals surface area contributed by atoms with Crippen LogP contribution in [0.15, 0.2) is 35.2 Å². The van der Waals surface area contributed by atoms with Crippen molar-refractivity contribution in [3.63, 3.8) is 0 Å². The minimum absolute atomic E-state index is 0.500. The van der Waals surface area contributed by atoms with Crippen molar-refractivity contribution >= 4 is 0 Å². The summed E-state index contributed by atoms with van der Waals surface area (Å²) in [6.45, 7) is 4.19. The Balaban J connectivity index is 1.76. The van der Waals surface area contributed by atoms with Gasteiger partial charge in [-0.1, -0.05) is 18.1 Å². The Hall–Kier alpha value is -2.56. The van der Waals surface area contributed by atoms with Gasteiger partial charge < -0.3 is 13.8 Å². The maximum atomic E-state index is 5.73. The second-order valence-corrected chi connectivity index (χ2v) is 6.68. The summed E-state index contributed by atoms with van der Waals surface area (Å²) in [5, 5.41) is 4.40. The molecule has 0 fully saturated rings. The fourth-order valence-electron chi connectivity index (χ4n) is 3.75. The molecule has 4 rings (SSSR count). The predicted octanol–water partition coefficient (Wildman–Crippen LogP) is 4.67. The van der Waals surface area contributed by atoms with Crippen LogP contribution >= 0.6 is 0 Å². The first kappa shape index (κ1) is 15.9. The van der Waals surface area contributed by atoms with Gasteiger partial charge in [-0.05, 0) is 44.7 Å². The number of hydrogen-bond acceptors (Lipinski definition) is 4. The Kier molecular flexibility index (Phi) is 4.07. The molecule has 2 aromatic heterocycles. The molecule has 0 saturated heterocycles. The summed E-state index contributed by atoms with van der Waals surface area (Å²) in [5.41, 5.74) is 5.21. The van der Waals surface area contributed by atoms with E-state index < -0.39 is 0 Å². The molecule has 0 N–H and O–H groups in total. The van der Waals surface area contributed by atoms with Crippen LogP contribution in [0, 0.1) is 6.92 Å². The van der Waals surface area contributed by atoms with Crippen molar-refractivity contribution in [1.82, 2.24) is 14.7 Å². The number of benzene rings is 1. The van der Waals surface area contributed by atoms with Gasteiger partial charge in [0.05, 0.1) is 24.8 Å². The molecular weight excluding hydrogens is 314 g/mol. The number of imidazole rings is 1. The third kappa shape index (κ3) is 2.73. The van der Waals surface area contributed by atoms with E-state index in [4.69, 9.17) is 9.26 Å². The van der Waals surface area contributed by atoms with Gasteiger partial charge in [0.1, 0.15) is 17.2 Å². The highest BCUT2D eigenvalue weighted by atomic mass is 16.5. The molecule has 130 valence electrons. The second kappa shape index (κ2) is 6.39. The van der Waals surface area contributed by atoms with Crippen LogP contribution in [-0.4, -0.2) is 21.8 Å². The van der Waals surface area contributed by atoms with Gasteiger partial charge in [-0.25, -0.2) is 4.98 Å². The van der Waals surface area contributed by atoms with Gasteiger partial charge >= 0.3 is 0 Å². The molecule has 5 nitrogen and oxygen atoms in total. The minimum Gasteiger partial charge on any atom is -0.495 e. The van der Waals surface area contributed by atoms with E-state index in [-0.39, 0.29) is 0 Å². The Labute approximate surface area is 147 Å². The highest BCUT2D eigenvalue weighted by Gasteiger charge is 2.27. The van der Waals surface area contributed by atoms with Gasteiger partial charge in [0.2, 0.25) is 0 Å². The molecule has 25 heavy (non-hydrogen) atoms. The number of aromatic nitrogens is 3. The number of ether oxygens (including phenoxy) is 1. The number of fused-ring (bicyclic) bond motifs is 1. The van der Waals surface area contributed by atoms with E-state index in [2.05, 4.69) is 29.2 Å². The molecule has 2 heterocycles. The highest BCUT2D eigenvalue weighted by Crippen LogP contribution is 2.40. The van der Waals surface area contributed by atoms with Gasteiger partial charge in [-0.15, -0.1) is 0 Å². The molecular formula is C20H23N3O2. The Morgan fingerprint density at radius 1 is 1.36 bits per heavy atom. The van der Waals surface area contributed by atoms with E-state index in [9.17, 15) is 0 Å². The van der Waals surface area contributed by atoms with Crippen molar-refractivity contribution < 1.29 is 9.26 Å². The Morgan fingerprint density at radius 3 is 2.96 bits per heavy atom. The zero-order chi connectivity index (χ0) is 17.4. The molecule has 0 aliphatic heterocycles. The Bertz CT molecular complexity index is 894. The first-order chi connectivity index (χ1) is 12.2. The van der Waals surface area contributed by atoms with Gasteiger partial charge in [0.25, 0.3) is 0 Å². The number of hydrogen-bond donors (Lipinski definition) is 0. The van der Waals surface area contributed by atoms with Crippen molar-refractivity contribution in [2.24, 2.45) is 0 Å². The third-order valence-electron chi connectivity index (χ3n) is 5.10. The number of methoxy groups -OCH3 is 1. The summed E-state index contributed by atoms with van der Waals surface area (Å²) in [6.07, 6.45) is 8.32. The molecule has 0 radical (unpaired) electrons. The monoisotopic (exact) mass is 337 g/mol. The van der Waals surface area contributed by atoms with Gasteiger partial charge in [-0.2, -0.15) is 0 Å². The third-order valence-corrected chi connectivity index (χ3v) is 5.10. The first-order valence-corrected chi connectivity index (χ1v) is 8.89. The lowest BCUT2D eigenvalue weighted by atomic mass is 9.85. The van der Waals surface area contributed by atoms with E-state index in [0.717, 1.165) is 47.0 Å². The summed E-state index contributed by atoms with van der Waals surface area (Å²) in [5.74, 6) is 2.38. The SMILES string of the molecule is CCC1CCCc2c(-c3ccc(-n4cnc(C)c4)c(OC)c3)noc21. The molecule has 1 atom stereocenters. The topological polar surface area (TPSA) is 53.1 Å². The predicted molar refractivity (Wildman–Crippen MR) is 96.3 cm³/mol. The molecule has 1 aliphatic carbocycles. The molecule has 0 spiro atoms. The van der Waals surface area contributed by atoms with Gasteiger partial charge in [0, 0.05) is 23.2 Å². The highest BCUT2D eigenvalue weighted by molar-refractivity contribution is 5.68. The number of aryl methyl sites for hydroxylation is 1. The maximum absolute atomic E-state index is 5.73. The van der Waals surface area contributed by atoms with Crippen molar-refractivity contribution in [3.8, 4) is 22.7 Å². The van der Waals surface area contributed by atoms with Crippen LogP contribution in [0.25, 0.3) is 16.9 Å². The van der Waals surface area contributed by atoms with Crippen LogP contribution in [0.4, 0.5) is 0 Å². The normalized spacial score (nSPS) is 16.7. The maximum Gasteiger partial charge on any atom is 0.143 e. The van der Waals surface area contributed by atoms with Crippen LogP contribution in [0.2, 0.25) is 0 Å². The average Bonchev–Trinajstić information content (AvgIpc) is 3.27. The van der Waals surface area contributed by atoms with E-state index in [1.165, 1.54) is 18.4 Å². The van der Waals surface area contributed by atoms with Crippen LogP contribution in [-0.2, 0) is 6.42 Å². The zero-order valence-corrected chi connectivity index (χ0v) is 15.0. The van der Waals surface area contributed by atoms with Gasteiger partial charge in [-0.3, -0.25) is 0 Å². The second-order valence-electron chi connectivity index (χ2n) is 6.68. The van der Waals surface area contributed by atoms with E-state index in [0.29, 0.717) is 5.92 Å². The summed E-state index contributed by atoms with van der Waals surface area (Å²) in [7, 11) is 1.69. The van der Waals surface area contributed by atoms with Crippen LogP contribution in [0.5, 0.6) is 5.75 Å². The van der Waals surface area contributed by atoms with Crippen LogP contribution in [0.3, 0.4) is 0 Å². The number of nitrogens with zero attached hydrogens (tertiary/aromatic N) is 3. The quantitative estimate of drug-likeness (QED) is 0.694. The largest absolute Gasteiger partial charge is 0.495 e. The molecule has 0 saturated carbocycles. The molecule has 0 amide bonds. The lowest BCUT2D eigenvalue weighted by Crippen LogP contribution is -2.07. The molecule has 3 aromatic rings. The van der Waals surface area contributed by atoms with Crippen LogP contribution < -0.4 is 4.74 Å². The lowest BCUT2D eigenvalue weighted by Gasteiger charge is -2.18. The number of rotatable bonds is 4. The Morgan fingerprint density at radius 2 is 2.24 bits per heavy atom. The van der Waals surface area contributed by atoms with Crippen molar-refractivity contribution in [3.05, 3.63) is 47.7 Å². The molecule has 1 unspecified atom stereocenters. The van der Waals surface area contributed by atoms with Crippen LogP contribution in [0.1, 0.15) is 49.1 Å². The molecule has 1 aromatic carbocycles. The minimum atomic E-state index is 0.500. The zero-order valence-electron chi connectivity index (χ0n) is 15.0. The van der Waals surface area contributed by atoms with E-state index in [1.807, 2.05) is 23.8 Å². The molecule has 1 aliphatic rings. The fourth-order valence-corrected chi connectivity index (χ4v) is 3.75. The standard InChI is InChI=1S/C20H23N3O2/c1-4-14-6-5-7-16-19(22-25-20(14)16)15-8-9-17(18(10-15)24-3)23-11-13(2)21-12-23/h8-12,14H,4-7H2,1-3H3. The van der Waals surface area contributed by atoms with Crippen molar-refractivity contribution in [2.75, 3.05) is 7.11 Å². The van der Waals surface area contributed by atoms with E-state index >= 15 is 0 Å². The summed E-state index contributed by atoms with van der Waals surface area (Å²) >= 11 is 0. The average molecular weight is 337 g/mol. The first-order valence-electron chi connectivity index (χ1n) is 8.89. The van der Waals surface area contributed by atoms with Gasteiger partial charge in [0.15, 0.2) is 0 Å². The lowest BCUT2D eigenvalue weighted by molar-refractivity contribution is 0.337. The van der Waals surface area contributed by atoms with Crippen molar-refractivity contribution in [2.45, 2.75) is 45.4 Å². The summed E-state index contributed by atoms with van der Waals surface area (Å²) in [4.78, 5) is 4.30. The summed E-state index contributed by atoms with van der Waals surface area (Å²) in [6, 6.07) is 6.18. The fraction of sp³-hybridized carbons (Fsp3) is 0.400. The molecule has 5 heteroatoms. The molecule has 0 bridgehead atoms.